The molecule has 0 radical (unpaired) electrons. The minimum atomic E-state index is -3.75. The van der Waals surface area contributed by atoms with Crippen molar-refractivity contribution in [2.75, 3.05) is 6.54 Å². The minimum absolute atomic E-state index is 0.0614. The molecule has 0 aliphatic rings. The molecule has 0 amide bonds. The summed E-state index contributed by atoms with van der Waals surface area (Å²) in [6.45, 7) is 3.42. The lowest BCUT2D eigenvalue weighted by molar-refractivity contribution is 0.497. The highest BCUT2D eigenvalue weighted by atomic mass is 32.2. The Morgan fingerprint density at radius 3 is 2.62 bits per heavy atom. The normalized spacial score (nSPS) is 12.8. The van der Waals surface area contributed by atoms with Crippen molar-refractivity contribution in [3.63, 3.8) is 0 Å². The Balaban J connectivity index is 2.87. The first-order valence-electron chi connectivity index (χ1n) is 4.60. The van der Waals surface area contributed by atoms with E-state index in [9.17, 15) is 12.8 Å². The van der Waals surface area contributed by atoms with E-state index < -0.39 is 21.4 Å². The molecule has 0 aliphatic heterocycles. The third-order valence-electron chi connectivity index (χ3n) is 1.71. The maximum absolute atomic E-state index is 12.8. The van der Waals surface area contributed by atoms with Crippen molar-refractivity contribution < 1.29 is 12.8 Å². The van der Waals surface area contributed by atoms with Crippen LogP contribution in [0, 0.1) is 5.82 Å². The van der Waals surface area contributed by atoms with Crippen LogP contribution in [-0.2, 0) is 10.0 Å². The summed E-state index contributed by atoms with van der Waals surface area (Å²) in [6, 6.07) is 0.902. The van der Waals surface area contributed by atoms with Crippen molar-refractivity contribution in [2.24, 2.45) is 5.73 Å². The number of hydrogen-bond donors (Lipinski definition) is 2. The molecule has 5 nitrogen and oxygen atoms in total. The number of aromatic nitrogens is 1. The Bertz CT molecular complexity index is 468. The maximum atomic E-state index is 12.8. The molecule has 0 bridgehead atoms. The average molecular weight is 247 g/mol. The van der Waals surface area contributed by atoms with Crippen molar-refractivity contribution in [3.05, 3.63) is 24.3 Å². The molecule has 0 fully saturated rings. The fourth-order valence-electron chi connectivity index (χ4n) is 0.904. The van der Waals surface area contributed by atoms with Crippen molar-refractivity contribution in [1.29, 1.82) is 0 Å². The third-order valence-corrected chi connectivity index (χ3v) is 3.08. The van der Waals surface area contributed by atoms with Gasteiger partial charge < -0.3 is 5.73 Å². The molecular formula is C9H14FN3O2S. The average Bonchev–Trinajstić information content (AvgIpc) is 2.14. The number of hydrogen-bond acceptors (Lipinski definition) is 4. The number of halogens is 1. The Morgan fingerprint density at radius 1 is 1.50 bits per heavy atom. The van der Waals surface area contributed by atoms with Gasteiger partial charge in [0.25, 0.3) is 0 Å². The summed E-state index contributed by atoms with van der Waals surface area (Å²) < 4.78 is 38.4. The summed E-state index contributed by atoms with van der Waals surface area (Å²) in [5.41, 5.74) is 4.96. The molecule has 16 heavy (non-hydrogen) atoms. The second-order valence-corrected chi connectivity index (χ2v) is 5.92. The van der Waals surface area contributed by atoms with Crippen LogP contribution in [-0.4, -0.2) is 25.5 Å². The van der Waals surface area contributed by atoms with Crippen LogP contribution < -0.4 is 10.5 Å². The predicted molar refractivity (Wildman–Crippen MR) is 57.6 cm³/mol. The highest BCUT2D eigenvalue weighted by Gasteiger charge is 2.19. The van der Waals surface area contributed by atoms with Gasteiger partial charge in [0.15, 0.2) is 0 Å². The zero-order valence-corrected chi connectivity index (χ0v) is 9.88. The van der Waals surface area contributed by atoms with Gasteiger partial charge in [0.1, 0.15) is 10.7 Å². The zero-order chi connectivity index (χ0) is 12.4. The molecule has 0 saturated carbocycles. The van der Waals surface area contributed by atoms with Crippen LogP contribution in [0.3, 0.4) is 0 Å². The fraction of sp³-hybridized carbons (Fsp3) is 0.444. The summed E-state index contributed by atoms with van der Waals surface area (Å²) in [5.74, 6) is -0.699. The Kier molecular flexibility index (Phi) is 3.61. The smallest absolute Gasteiger partial charge is 0.242 e. The minimum Gasteiger partial charge on any atom is -0.324 e. The molecule has 0 aliphatic carbocycles. The first kappa shape index (κ1) is 13.0. The first-order valence-corrected chi connectivity index (χ1v) is 6.08. The van der Waals surface area contributed by atoms with E-state index in [1.54, 1.807) is 13.8 Å². The molecule has 1 rings (SSSR count). The van der Waals surface area contributed by atoms with E-state index in [2.05, 4.69) is 9.71 Å². The number of pyridine rings is 1. The third kappa shape index (κ3) is 3.84. The zero-order valence-electron chi connectivity index (χ0n) is 9.07. The Hall–Kier alpha value is -1.05. The van der Waals surface area contributed by atoms with E-state index in [0.717, 1.165) is 18.5 Å². The van der Waals surface area contributed by atoms with E-state index in [-0.39, 0.29) is 11.4 Å². The van der Waals surface area contributed by atoms with Gasteiger partial charge >= 0.3 is 0 Å². The number of rotatable bonds is 4. The summed E-state index contributed by atoms with van der Waals surface area (Å²) in [4.78, 5) is 3.26. The van der Waals surface area contributed by atoms with Gasteiger partial charge in [-0.15, -0.1) is 0 Å². The van der Waals surface area contributed by atoms with Crippen LogP contribution >= 0.6 is 0 Å². The predicted octanol–water partition coefficient (Wildman–Crippen LogP) is 0.236. The molecule has 0 unspecified atom stereocenters. The van der Waals surface area contributed by atoms with Crippen molar-refractivity contribution in [2.45, 2.75) is 24.3 Å². The highest BCUT2D eigenvalue weighted by molar-refractivity contribution is 7.89. The summed E-state index contributed by atoms with van der Waals surface area (Å²) >= 11 is 0. The topological polar surface area (TPSA) is 85.1 Å². The summed E-state index contributed by atoms with van der Waals surface area (Å²) in [5, 5.41) is 0. The molecule has 0 saturated heterocycles. The second kappa shape index (κ2) is 4.44. The SMILES string of the molecule is CC(C)(N)CNS(=O)(=O)c1cncc(F)c1. The molecule has 3 N–H and O–H groups in total. The summed E-state index contributed by atoms with van der Waals surface area (Å²) in [7, 11) is -3.75. The van der Waals surface area contributed by atoms with Gasteiger partial charge in [0, 0.05) is 18.3 Å². The van der Waals surface area contributed by atoms with Gasteiger partial charge in [-0.05, 0) is 19.9 Å². The molecule has 0 atom stereocenters. The molecule has 0 spiro atoms. The first-order chi connectivity index (χ1) is 7.21. The van der Waals surface area contributed by atoms with Crippen LogP contribution in [0.4, 0.5) is 4.39 Å². The quantitative estimate of drug-likeness (QED) is 0.798. The number of nitrogens with zero attached hydrogens (tertiary/aromatic N) is 1. The molecular weight excluding hydrogens is 233 g/mol. The van der Waals surface area contributed by atoms with Gasteiger partial charge in [-0.25, -0.2) is 17.5 Å². The molecule has 1 aromatic rings. The molecule has 1 aromatic heterocycles. The molecule has 90 valence electrons. The van der Waals surface area contributed by atoms with Gasteiger partial charge in [-0.3, -0.25) is 4.98 Å². The Morgan fingerprint density at radius 2 is 2.12 bits per heavy atom. The molecule has 1 heterocycles. The molecule has 0 aromatic carbocycles. The van der Waals surface area contributed by atoms with Gasteiger partial charge in [-0.1, -0.05) is 0 Å². The fourth-order valence-corrected chi connectivity index (χ4v) is 2.10. The monoisotopic (exact) mass is 247 g/mol. The van der Waals surface area contributed by atoms with E-state index >= 15 is 0 Å². The standard InChI is InChI=1S/C9H14FN3O2S/c1-9(2,11)6-13-16(14,15)8-3-7(10)4-12-5-8/h3-5,13H,6,11H2,1-2H3. The number of nitrogens with two attached hydrogens (primary N) is 1. The van der Waals surface area contributed by atoms with Crippen LogP contribution in [0.2, 0.25) is 0 Å². The van der Waals surface area contributed by atoms with Crippen LogP contribution in [0.5, 0.6) is 0 Å². The summed E-state index contributed by atoms with van der Waals surface area (Å²) in [6.07, 6.45) is 2.01. The van der Waals surface area contributed by atoms with E-state index in [1.165, 1.54) is 0 Å². The van der Waals surface area contributed by atoms with Crippen LogP contribution in [0.15, 0.2) is 23.4 Å². The highest BCUT2D eigenvalue weighted by Crippen LogP contribution is 2.08. The van der Waals surface area contributed by atoms with Gasteiger partial charge in [0.05, 0.1) is 6.20 Å². The van der Waals surface area contributed by atoms with Gasteiger partial charge in [-0.2, -0.15) is 0 Å². The van der Waals surface area contributed by atoms with Crippen molar-refractivity contribution in [3.8, 4) is 0 Å². The van der Waals surface area contributed by atoms with Gasteiger partial charge in [0.2, 0.25) is 10.0 Å². The van der Waals surface area contributed by atoms with E-state index in [0.29, 0.717) is 0 Å². The van der Waals surface area contributed by atoms with Crippen LogP contribution in [0.1, 0.15) is 13.8 Å². The lowest BCUT2D eigenvalue weighted by Crippen LogP contribution is -2.45. The lowest BCUT2D eigenvalue weighted by Gasteiger charge is -2.18. The number of sulfonamides is 1. The van der Waals surface area contributed by atoms with Crippen molar-refractivity contribution in [1.82, 2.24) is 9.71 Å². The largest absolute Gasteiger partial charge is 0.324 e. The number of nitrogens with one attached hydrogen (secondary N) is 1. The van der Waals surface area contributed by atoms with Crippen molar-refractivity contribution >= 4 is 10.0 Å². The van der Waals surface area contributed by atoms with E-state index in [1.807, 2.05) is 0 Å². The van der Waals surface area contributed by atoms with Crippen LogP contribution in [0.25, 0.3) is 0 Å². The second-order valence-electron chi connectivity index (χ2n) is 4.15. The maximum Gasteiger partial charge on any atom is 0.242 e. The van der Waals surface area contributed by atoms with E-state index in [4.69, 9.17) is 5.73 Å². The molecule has 7 heteroatoms. The lowest BCUT2D eigenvalue weighted by atomic mass is 10.1. The Labute approximate surface area is 93.9 Å².